The van der Waals surface area contributed by atoms with Crippen LogP contribution >= 0.6 is 12.4 Å². The van der Waals surface area contributed by atoms with Gasteiger partial charge < -0.3 is 15.7 Å². The Kier molecular flexibility index (Phi) is 6.75. The molecule has 1 aromatic heterocycles. The molecule has 1 saturated heterocycles. The van der Waals surface area contributed by atoms with E-state index >= 15 is 0 Å². The lowest BCUT2D eigenvalue weighted by Crippen LogP contribution is -2.36. The zero-order valence-corrected chi connectivity index (χ0v) is 15.8. The van der Waals surface area contributed by atoms with Gasteiger partial charge in [-0.15, -0.1) is 12.4 Å². The molecule has 0 saturated carbocycles. The summed E-state index contributed by atoms with van der Waals surface area (Å²) in [5.74, 6) is -0.105. The fourth-order valence-corrected chi connectivity index (χ4v) is 3.11. The van der Waals surface area contributed by atoms with Gasteiger partial charge in [0.15, 0.2) is 5.69 Å². The lowest BCUT2D eigenvalue weighted by atomic mass is 10.1. The van der Waals surface area contributed by atoms with E-state index in [-0.39, 0.29) is 41.4 Å². The Balaban J connectivity index is 0.00000243. The van der Waals surface area contributed by atoms with Gasteiger partial charge in [0.2, 0.25) is 0 Å². The SMILES string of the molecule is CC(C)Cn1nc(C(=O)NCC2CNCC2O)c2ccccc2c1=O.Cl. The number of aliphatic hydroxyl groups is 1. The van der Waals surface area contributed by atoms with Gasteiger partial charge in [-0.25, -0.2) is 4.68 Å². The Morgan fingerprint density at radius 3 is 2.65 bits per heavy atom. The molecule has 0 aliphatic carbocycles. The summed E-state index contributed by atoms with van der Waals surface area (Å²) in [5.41, 5.74) is 0.0626. The molecule has 0 radical (unpaired) electrons. The van der Waals surface area contributed by atoms with E-state index in [1.54, 1.807) is 24.3 Å². The van der Waals surface area contributed by atoms with Crippen LogP contribution in [0.1, 0.15) is 24.3 Å². The summed E-state index contributed by atoms with van der Waals surface area (Å²) in [6.45, 7) is 6.03. The summed E-state index contributed by atoms with van der Waals surface area (Å²) in [6, 6.07) is 7.03. The van der Waals surface area contributed by atoms with Crippen molar-refractivity contribution >= 4 is 29.1 Å². The molecule has 0 spiro atoms. The first-order valence-electron chi connectivity index (χ1n) is 8.64. The van der Waals surface area contributed by atoms with Crippen LogP contribution in [0.5, 0.6) is 0 Å². The molecular weight excluding hydrogens is 356 g/mol. The predicted molar refractivity (Wildman–Crippen MR) is 103 cm³/mol. The van der Waals surface area contributed by atoms with E-state index in [0.29, 0.717) is 37.0 Å². The number of hydrogen-bond donors (Lipinski definition) is 3. The van der Waals surface area contributed by atoms with Gasteiger partial charge in [-0.2, -0.15) is 5.10 Å². The Hall–Kier alpha value is -1.96. The third-order valence-electron chi connectivity index (χ3n) is 4.45. The minimum atomic E-state index is -0.458. The molecular formula is C18H25ClN4O3. The van der Waals surface area contributed by atoms with E-state index in [2.05, 4.69) is 15.7 Å². The lowest BCUT2D eigenvalue weighted by Gasteiger charge is -2.15. The van der Waals surface area contributed by atoms with Crippen LogP contribution in [0.15, 0.2) is 29.1 Å². The number of nitrogens with zero attached hydrogens (tertiary/aromatic N) is 2. The van der Waals surface area contributed by atoms with Crippen molar-refractivity contribution in [1.82, 2.24) is 20.4 Å². The summed E-state index contributed by atoms with van der Waals surface area (Å²) in [6.07, 6.45) is -0.458. The Bertz CT molecular complexity index is 837. The molecule has 8 heteroatoms. The molecule has 1 fully saturated rings. The van der Waals surface area contributed by atoms with Crippen molar-refractivity contribution in [3.8, 4) is 0 Å². The topological polar surface area (TPSA) is 96.2 Å². The highest BCUT2D eigenvalue weighted by Gasteiger charge is 2.26. The summed E-state index contributed by atoms with van der Waals surface area (Å²) in [5, 5.41) is 21.1. The van der Waals surface area contributed by atoms with Crippen LogP contribution in [0, 0.1) is 11.8 Å². The van der Waals surface area contributed by atoms with Crippen molar-refractivity contribution in [2.75, 3.05) is 19.6 Å². The predicted octanol–water partition coefficient (Wildman–Crippen LogP) is 0.784. The molecule has 1 amide bonds. The van der Waals surface area contributed by atoms with Crippen LogP contribution in [0.25, 0.3) is 10.8 Å². The number of aromatic nitrogens is 2. The van der Waals surface area contributed by atoms with Gasteiger partial charge in [0, 0.05) is 37.5 Å². The number of hydrogen-bond acceptors (Lipinski definition) is 5. The highest BCUT2D eigenvalue weighted by Crippen LogP contribution is 2.14. The van der Waals surface area contributed by atoms with Crippen LogP contribution in [0.4, 0.5) is 0 Å². The molecule has 2 aromatic rings. The van der Waals surface area contributed by atoms with Crippen molar-refractivity contribution in [3.63, 3.8) is 0 Å². The molecule has 2 atom stereocenters. The number of amides is 1. The maximum absolute atomic E-state index is 12.7. The number of carbonyl (C=O) groups excluding carboxylic acids is 1. The average Bonchev–Trinajstić information content (AvgIpc) is 3.00. The molecule has 2 heterocycles. The Morgan fingerprint density at radius 2 is 2.04 bits per heavy atom. The zero-order valence-electron chi connectivity index (χ0n) is 14.9. The minimum absolute atomic E-state index is 0. The number of nitrogens with one attached hydrogen (secondary N) is 2. The van der Waals surface area contributed by atoms with Crippen molar-refractivity contribution in [3.05, 3.63) is 40.3 Å². The number of β-amino-alcohol motifs (C(OH)–C–C–N with tert-alkyl or cyclic N) is 1. The van der Waals surface area contributed by atoms with Crippen LogP contribution < -0.4 is 16.2 Å². The Morgan fingerprint density at radius 1 is 1.35 bits per heavy atom. The summed E-state index contributed by atoms with van der Waals surface area (Å²) in [4.78, 5) is 25.3. The summed E-state index contributed by atoms with van der Waals surface area (Å²) < 4.78 is 1.37. The number of halogens is 1. The normalized spacial score (nSPS) is 19.5. The molecule has 1 aliphatic heterocycles. The van der Waals surface area contributed by atoms with Crippen molar-refractivity contribution in [1.29, 1.82) is 0 Å². The summed E-state index contributed by atoms with van der Waals surface area (Å²) in [7, 11) is 0. The maximum Gasteiger partial charge on any atom is 0.274 e. The number of fused-ring (bicyclic) bond motifs is 1. The Labute approximate surface area is 158 Å². The van der Waals surface area contributed by atoms with Gasteiger partial charge in [0.05, 0.1) is 11.5 Å². The number of benzene rings is 1. The van der Waals surface area contributed by atoms with Gasteiger partial charge in [-0.05, 0) is 12.0 Å². The smallest absolute Gasteiger partial charge is 0.274 e. The lowest BCUT2D eigenvalue weighted by molar-refractivity contribution is 0.0921. The molecule has 1 aliphatic rings. The van der Waals surface area contributed by atoms with E-state index in [9.17, 15) is 14.7 Å². The second-order valence-electron chi connectivity index (χ2n) is 6.97. The highest BCUT2D eigenvalue weighted by atomic mass is 35.5. The first-order chi connectivity index (χ1) is 12.0. The maximum atomic E-state index is 12.7. The van der Waals surface area contributed by atoms with Crippen molar-refractivity contribution in [2.45, 2.75) is 26.5 Å². The van der Waals surface area contributed by atoms with E-state index < -0.39 is 6.10 Å². The van der Waals surface area contributed by atoms with Crippen LogP contribution in [0.2, 0.25) is 0 Å². The van der Waals surface area contributed by atoms with Gasteiger partial charge in [-0.1, -0.05) is 32.0 Å². The first-order valence-corrected chi connectivity index (χ1v) is 8.64. The second kappa shape index (κ2) is 8.62. The third kappa shape index (κ3) is 4.23. The molecule has 142 valence electrons. The minimum Gasteiger partial charge on any atom is -0.391 e. The van der Waals surface area contributed by atoms with Crippen molar-refractivity contribution in [2.24, 2.45) is 11.8 Å². The highest BCUT2D eigenvalue weighted by molar-refractivity contribution is 6.04. The standard InChI is InChI=1S/C18H24N4O3.ClH/c1-11(2)10-22-18(25)14-6-4-3-5-13(14)16(21-22)17(24)20-8-12-7-19-9-15(12)23;/h3-6,11-12,15,19,23H,7-10H2,1-2H3,(H,20,24);1H. The summed E-state index contributed by atoms with van der Waals surface area (Å²) >= 11 is 0. The van der Waals surface area contributed by atoms with E-state index in [0.717, 1.165) is 0 Å². The second-order valence-corrected chi connectivity index (χ2v) is 6.97. The fourth-order valence-electron chi connectivity index (χ4n) is 3.11. The van der Waals surface area contributed by atoms with E-state index in [1.165, 1.54) is 4.68 Å². The number of rotatable bonds is 5. The van der Waals surface area contributed by atoms with Crippen molar-refractivity contribution < 1.29 is 9.90 Å². The fraction of sp³-hybridized carbons (Fsp3) is 0.500. The molecule has 7 nitrogen and oxygen atoms in total. The van der Waals surface area contributed by atoms with E-state index in [4.69, 9.17) is 0 Å². The quantitative estimate of drug-likeness (QED) is 0.712. The number of aliphatic hydroxyl groups excluding tert-OH is 1. The van der Waals surface area contributed by atoms with Gasteiger partial charge in [-0.3, -0.25) is 9.59 Å². The molecule has 0 bridgehead atoms. The largest absolute Gasteiger partial charge is 0.391 e. The van der Waals surface area contributed by atoms with Gasteiger partial charge in [0.1, 0.15) is 0 Å². The average molecular weight is 381 g/mol. The monoisotopic (exact) mass is 380 g/mol. The van der Waals surface area contributed by atoms with Gasteiger partial charge >= 0.3 is 0 Å². The van der Waals surface area contributed by atoms with E-state index in [1.807, 2.05) is 13.8 Å². The molecule has 3 N–H and O–H groups in total. The zero-order chi connectivity index (χ0) is 18.0. The first kappa shape index (κ1) is 20.4. The molecule has 1 aromatic carbocycles. The number of carbonyl (C=O) groups is 1. The van der Waals surface area contributed by atoms with Crippen LogP contribution in [-0.4, -0.2) is 46.5 Å². The van der Waals surface area contributed by atoms with Crippen LogP contribution in [-0.2, 0) is 6.54 Å². The third-order valence-corrected chi connectivity index (χ3v) is 4.45. The van der Waals surface area contributed by atoms with Crippen LogP contribution in [0.3, 0.4) is 0 Å². The molecule has 3 rings (SSSR count). The van der Waals surface area contributed by atoms with Gasteiger partial charge in [0.25, 0.3) is 11.5 Å². The molecule has 2 unspecified atom stereocenters. The molecule has 26 heavy (non-hydrogen) atoms.